The average Bonchev–Trinajstić information content (AvgIpc) is 3.08. The highest BCUT2D eigenvalue weighted by molar-refractivity contribution is 8.01. The van der Waals surface area contributed by atoms with E-state index >= 15 is 0 Å². The van der Waals surface area contributed by atoms with Gasteiger partial charge in [0.05, 0.1) is 24.5 Å². The molecule has 1 aromatic heterocycles. The highest BCUT2D eigenvalue weighted by atomic mass is 32.2. The number of rotatable bonds is 9. The first kappa shape index (κ1) is 22.2. The maximum Gasteiger partial charge on any atom is 0.311 e. The Balaban J connectivity index is 1.70. The predicted octanol–water partition coefficient (Wildman–Crippen LogP) is 4.45. The zero-order valence-corrected chi connectivity index (χ0v) is 18.5. The average molecular weight is 413 g/mol. The first-order valence-corrected chi connectivity index (χ1v) is 11.7. The van der Waals surface area contributed by atoms with Gasteiger partial charge in [-0.1, -0.05) is 39.0 Å². The minimum absolute atomic E-state index is 0.0698. The minimum atomic E-state index is -0.265. The van der Waals surface area contributed by atoms with Crippen LogP contribution in [0, 0.1) is 11.3 Å². The van der Waals surface area contributed by atoms with Crippen LogP contribution in [0.25, 0.3) is 0 Å². The number of nitrogens with zero attached hydrogens (tertiary/aromatic N) is 1. The number of esters is 1. The smallest absolute Gasteiger partial charge is 0.311 e. The van der Waals surface area contributed by atoms with Crippen LogP contribution < -0.4 is 5.32 Å². The number of ether oxygens (including phenoxy) is 1. The maximum atomic E-state index is 12.3. The summed E-state index contributed by atoms with van der Waals surface area (Å²) < 4.78 is 5.75. The number of carbonyl (C=O) groups is 2. The molecule has 1 aliphatic carbocycles. The standard InChI is InChI=1S/C20H32N2O3S2/c1-5-20(3,4)14-7-9-15(10-8-14)21-17(23)13-27-19-22-16(12-26-19)11-18(24)25-6-2/h12,14-15H,5-11,13H2,1-4H3,(H,21,23). The SMILES string of the molecule is CCOC(=O)Cc1csc(SCC(=O)NC2CCC(C(C)(C)CC)CC2)n1. The van der Waals surface area contributed by atoms with Gasteiger partial charge in [-0.05, 0) is 43.9 Å². The zero-order valence-electron chi connectivity index (χ0n) is 16.9. The number of nitrogens with one attached hydrogen (secondary N) is 1. The van der Waals surface area contributed by atoms with Gasteiger partial charge in [0.25, 0.3) is 0 Å². The van der Waals surface area contributed by atoms with Crippen molar-refractivity contribution in [2.75, 3.05) is 12.4 Å². The third kappa shape index (κ3) is 7.11. The molecule has 1 aromatic rings. The van der Waals surface area contributed by atoms with Crippen molar-refractivity contribution in [2.45, 2.75) is 76.6 Å². The molecule has 2 rings (SSSR count). The Morgan fingerprint density at radius 2 is 2.00 bits per heavy atom. The van der Waals surface area contributed by atoms with Crippen LogP contribution in [0.5, 0.6) is 0 Å². The van der Waals surface area contributed by atoms with Gasteiger partial charge >= 0.3 is 5.97 Å². The van der Waals surface area contributed by atoms with Crippen molar-refractivity contribution in [3.8, 4) is 0 Å². The summed E-state index contributed by atoms with van der Waals surface area (Å²) in [4.78, 5) is 28.1. The molecule has 0 unspecified atom stereocenters. The molecule has 1 N–H and O–H groups in total. The van der Waals surface area contributed by atoms with E-state index in [2.05, 4.69) is 31.1 Å². The maximum absolute atomic E-state index is 12.3. The molecule has 1 aliphatic rings. The summed E-state index contributed by atoms with van der Waals surface area (Å²) in [6.45, 7) is 9.15. The molecule has 0 aliphatic heterocycles. The Morgan fingerprint density at radius 1 is 1.30 bits per heavy atom. The molecule has 0 spiro atoms. The number of amides is 1. The molecule has 5 nitrogen and oxygen atoms in total. The molecule has 0 saturated heterocycles. The van der Waals surface area contributed by atoms with Gasteiger partial charge in [-0.2, -0.15) is 0 Å². The Bertz CT molecular complexity index is 622. The first-order valence-electron chi connectivity index (χ1n) is 9.86. The molecule has 1 saturated carbocycles. The van der Waals surface area contributed by atoms with E-state index in [9.17, 15) is 9.59 Å². The van der Waals surface area contributed by atoms with E-state index in [-0.39, 0.29) is 18.3 Å². The summed E-state index contributed by atoms with van der Waals surface area (Å²) >= 11 is 2.90. The lowest BCUT2D eigenvalue weighted by atomic mass is 9.69. The van der Waals surface area contributed by atoms with Crippen molar-refractivity contribution in [1.82, 2.24) is 10.3 Å². The summed E-state index contributed by atoms with van der Waals surface area (Å²) in [6, 6.07) is 0.303. The van der Waals surface area contributed by atoms with Crippen LogP contribution in [0.15, 0.2) is 9.72 Å². The van der Waals surface area contributed by atoms with E-state index in [1.54, 1.807) is 6.92 Å². The van der Waals surface area contributed by atoms with Crippen molar-refractivity contribution in [1.29, 1.82) is 0 Å². The molecule has 0 bridgehead atoms. The van der Waals surface area contributed by atoms with Gasteiger partial charge in [-0.25, -0.2) is 4.98 Å². The predicted molar refractivity (Wildman–Crippen MR) is 111 cm³/mol. The molecule has 7 heteroatoms. The Morgan fingerprint density at radius 3 is 2.63 bits per heavy atom. The van der Waals surface area contributed by atoms with Crippen molar-refractivity contribution in [2.24, 2.45) is 11.3 Å². The van der Waals surface area contributed by atoms with Crippen LogP contribution in [0.1, 0.15) is 65.5 Å². The highest BCUT2D eigenvalue weighted by Crippen LogP contribution is 2.40. The molecule has 1 fully saturated rings. The molecule has 1 amide bonds. The Labute approximate surface area is 171 Å². The van der Waals surface area contributed by atoms with E-state index in [1.165, 1.54) is 42.4 Å². The fourth-order valence-electron chi connectivity index (χ4n) is 3.50. The third-order valence-corrected chi connectivity index (χ3v) is 7.67. The summed E-state index contributed by atoms with van der Waals surface area (Å²) in [5.41, 5.74) is 1.11. The fourth-order valence-corrected chi connectivity index (χ4v) is 5.16. The minimum Gasteiger partial charge on any atom is -0.466 e. The van der Waals surface area contributed by atoms with E-state index in [4.69, 9.17) is 4.74 Å². The highest BCUT2D eigenvalue weighted by Gasteiger charge is 2.32. The Kier molecular flexibility index (Phi) is 8.61. The number of hydrogen-bond acceptors (Lipinski definition) is 6. The van der Waals surface area contributed by atoms with Crippen LogP contribution in [0.3, 0.4) is 0 Å². The molecule has 0 radical (unpaired) electrons. The van der Waals surface area contributed by atoms with Gasteiger partial charge < -0.3 is 10.1 Å². The molecular weight excluding hydrogens is 380 g/mol. The second-order valence-corrected chi connectivity index (χ2v) is 9.91. The van der Waals surface area contributed by atoms with Gasteiger partial charge in [-0.15, -0.1) is 11.3 Å². The number of aromatic nitrogens is 1. The van der Waals surface area contributed by atoms with E-state index in [0.29, 0.717) is 29.5 Å². The lowest BCUT2D eigenvalue weighted by molar-refractivity contribution is -0.142. The van der Waals surface area contributed by atoms with Crippen molar-refractivity contribution in [3.05, 3.63) is 11.1 Å². The van der Waals surface area contributed by atoms with Crippen LogP contribution in [0.2, 0.25) is 0 Å². The molecule has 0 aromatic carbocycles. The lowest BCUT2D eigenvalue weighted by Gasteiger charge is -2.39. The fraction of sp³-hybridized carbons (Fsp3) is 0.750. The van der Waals surface area contributed by atoms with E-state index in [0.717, 1.165) is 23.1 Å². The Hall–Kier alpha value is -1.08. The van der Waals surface area contributed by atoms with Gasteiger partial charge in [0, 0.05) is 11.4 Å². The van der Waals surface area contributed by atoms with Crippen LogP contribution in [-0.4, -0.2) is 35.3 Å². The normalized spacial score (nSPS) is 20.3. The largest absolute Gasteiger partial charge is 0.466 e. The number of thioether (sulfide) groups is 1. The van der Waals surface area contributed by atoms with Crippen LogP contribution in [-0.2, 0) is 20.7 Å². The lowest BCUT2D eigenvalue weighted by Crippen LogP contribution is -2.40. The summed E-state index contributed by atoms with van der Waals surface area (Å²) in [5.74, 6) is 0.935. The first-order chi connectivity index (χ1) is 12.8. The summed E-state index contributed by atoms with van der Waals surface area (Å²) in [7, 11) is 0. The number of thiazole rings is 1. The molecule has 0 atom stereocenters. The van der Waals surface area contributed by atoms with Crippen LogP contribution >= 0.6 is 23.1 Å². The molecule has 1 heterocycles. The van der Waals surface area contributed by atoms with Gasteiger partial charge in [-0.3, -0.25) is 9.59 Å². The number of hydrogen-bond donors (Lipinski definition) is 1. The van der Waals surface area contributed by atoms with Crippen molar-refractivity contribution in [3.63, 3.8) is 0 Å². The monoisotopic (exact) mass is 412 g/mol. The van der Waals surface area contributed by atoms with Gasteiger partial charge in [0.2, 0.25) is 5.91 Å². The van der Waals surface area contributed by atoms with Gasteiger partial charge in [0.15, 0.2) is 4.34 Å². The van der Waals surface area contributed by atoms with Crippen LogP contribution in [0.4, 0.5) is 0 Å². The summed E-state index contributed by atoms with van der Waals surface area (Å²) in [6.07, 6.45) is 5.94. The van der Waals surface area contributed by atoms with Crippen molar-refractivity contribution < 1.29 is 14.3 Å². The number of carbonyl (C=O) groups excluding carboxylic acids is 2. The van der Waals surface area contributed by atoms with E-state index in [1.807, 2.05) is 5.38 Å². The quantitative estimate of drug-likeness (QED) is 0.479. The van der Waals surface area contributed by atoms with E-state index < -0.39 is 0 Å². The zero-order chi connectivity index (χ0) is 19.9. The second kappa shape index (κ2) is 10.5. The molecule has 27 heavy (non-hydrogen) atoms. The summed E-state index contributed by atoms with van der Waals surface area (Å²) in [5, 5.41) is 5.03. The molecule has 152 valence electrons. The second-order valence-electron chi connectivity index (χ2n) is 7.83. The topological polar surface area (TPSA) is 68.3 Å². The third-order valence-electron chi connectivity index (χ3n) is 5.60. The van der Waals surface area contributed by atoms with Gasteiger partial charge in [0.1, 0.15) is 0 Å². The van der Waals surface area contributed by atoms with Crippen molar-refractivity contribution >= 4 is 35.0 Å². The molecular formula is C20H32N2O3S2.